The molecule has 0 aliphatic carbocycles. The van der Waals surface area contributed by atoms with Gasteiger partial charge in [-0.15, -0.1) is 0 Å². The highest BCUT2D eigenvalue weighted by Crippen LogP contribution is 2.20. The number of rotatable bonds is 5. The minimum Gasteiger partial charge on any atom is -0.463 e. The van der Waals surface area contributed by atoms with Crippen molar-refractivity contribution in [1.82, 2.24) is 9.97 Å². The molecule has 6 heteroatoms. The van der Waals surface area contributed by atoms with Crippen LogP contribution in [-0.2, 0) is 11.2 Å². The van der Waals surface area contributed by atoms with Gasteiger partial charge in [0.15, 0.2) is 0 Å². The summed E-state index contributed by atoms with van der Waals surface area (Å²) in [6.07, 6.45) is 1.79. The van der Waals surface area contributed by atoms with Crippen LogP contribution in [0, 0.1) is 3.57 Å². The molecule has 0 saturated heterocycles. The minimum absolute atomic E-state index is 0.118. The van der Waals surface area contributed by atoms with Crippen LogP contribution < -0.4 is 5.32 Å². The number of esters is 1. The van der Waals surface area contributed by atoms with Crippen molar-refractivity contribution in [3.63, 3.8) is 0 Å². The monoisotopic (exact) mass is 349 g/mol. The third-order valence-electron chi connectivity index (χ3n) is 2.12. The highest BCUT2D eigenvalue weighted by molar-refractivity contribution is 14.1. The Kier molecular flexibility index (Phi) is 5.60. The van der Waals surface area contributed by atoms with Gasteiger partial charge in [0.1, 0.15) is 5.82 Å². The molecule has 94 valence electrons. The molecule has 1 N–H and O–H groups in total. The standard InChI is InChI=1S/C11H16IN3O2/c1-4-6-7-8(12)9(13-5-2)15-10(14-7)11(16)17-3/h4-6H2,1-3H3,(H,13,14,15). The summed E-state index contributed by atoms with van der Waals surface area (Å²) in [5, 5.41) is 3.13. The number of carbonyl (C=O) groups is 1. The zero-order valence-electron chi connectivity index (χ0n) is 10.2. The van der Waals surface area contributed by atoms with Gasteiger partial charge in [0, 0.05) is 6.54 Å². The molecular weight excluding hydrogens is 333 g/mol. The Labute approximate surface area is 115 Å². The number of methoxy groups -OCH3 is 1. The molecule has 0 bridgehead atoms. The summed E-state index contributed by atoms with van der Waals surface area (Å²) in [5.74, 6) is 0.317. The molecule has 1 heterocycles. The second-order valence-electron chi connectivity index (χ2n) is 3.43. The summed E-state index contributed by atoms with van der Waals surface area (Å²) < 4.78 is 5.62. The van der Waals surface area contributed by atoms with Gasteiger partial charge in [-0.25, -0.2) is 14.8 Å². The average molecular weight is 349 g/mol. The zero-order chi connectivity index (χ0) is 12.8. The molecule has 5 nitrogen and oxygen atoms in total. The van der Waals surface area contributed by atoms with Crippen molar-refractivity contribution >= 4 is 34.4 Å². The van der Waals surface area contributed by atoms with Gasteiger partial charge in [-0.05, 0) is 35.9 Å². The molecule has 0 spiro atoms. The quantitative estimate of drug-likeness (QED) is 0.653. The van der Waals surface area contributed by atoms with Gasteiger partial charge in [0.05, 0.1) is 16.4 Å². The number of hydrogen-bond donors (Lipinski definition) is 1. The summed E-state index contributed by atoms with van der Waals surface area (Å²) >= 11 is 2.20. The predicted molar refractivity (Wildman–Crippen MR) is 74.2 cm³/mol. The van der Waals surface area contributed by atoms with Crippen LogP contribution in [0.3, 0.4) is 0 Å². The fourth-order valence-corrected chi connectivity index (χ4v) is 2.06. The second-order valence-corrected chi connectivity index (χ2v) is 4.51. The molecule has 0 aromatic carbocycles. The van der Waals surface area contributed by atoms with Crippen LogP contribution >= 0.6 is 22.6 Å². The first-order chi connectivity index (χ1) is 8.13. The van der Waals surface area contributed by atoms with Gasteiger partial charge in [-0.2, -0.15) is 0 Å². The van der Waals surface area contributed by atoms with Gasteiger partial charge in [-0.1, -0.05) is 13.3 Å². The summed E-state index contributed by atoms with van der Waals surface area (Å²) in [4.78, 5) is 19.9. The van der Waals surface area contributed by atoms with E-state index >= 15 is 0 Å². The maximum absolute atomic E-state index is 11.5. The summed E-state index contributed by atoms with van der Waals surface area (Å²) in [6, 6.07) is 0. The third-order valence-corrected chi connectivity index (χ3v) is 3.25. The Morgan fingerprint density at radius 3 is 2.65 bits per heavy atom. The van der Waals surface area contributed by atoms with E-state index in [-0.39, 0.29) is 5.82 Å². The highest BCUT2D eigenvalue weighted by atomic mass is 127. The van der Waals surface area contributed by atoms with Crippen molar-refractivity contribution in [2.75, 3.05) is 19.0 Å². The Bertz CT molecular complexity index is 383. The number of nitrogens with one attached hydrogen (secondary N) is 1. The van der Waals surface area contributed by atoms with E-state index in [1.54, 1.807) is 0 Å². The number of anilines is 1. The number of carbonyl (C=O) groups excluding carboxylic acids is 1. The summed E-state index contributed by atoms with van der Waals surface area (Å²) in [6.45, 7) is 4.80. The lowest BCUT2D eigenvalue weighted by molar-refractivity contribution is 0.0586. The van der Waals surface area contributed by atoms with E-state index in [4.69, 9.17) is 0 Å². The third kappa shape index (κ3) is 3.52. The number of nitrogens with zero attached hydrogens (tertiary/aromatic N) is 2. The van der Waals surface area contributed by atoms with Crippen LogP contribution in [0.15, 0.2) is 0 Å². The van der Waals surface area contributed by atoms with E-state index in [9.17, 15) is 4.79 Å². The second kappa shape index (κ2) is 6.73. The molecule has 1 rings (SSSR count). The number of aryl methyl sites for hydroxylation is 1. The maximum atomic E-state index is 11.5. The van der Waals surface area contributed by atoms with Gasteiger partial charge in [0.25, 0.3) is 0 Å². The number of ether oxygens (including phenoxy) is 1. The molecular formula is C11H16IN3O2. The Morgan fingerprint density at radius 2 is 2.12 bits per heavy atom. The van der Waals surface area contributed by atoms with E-state index in [1.807, 2.05) is 6.92 Å². The van der Waals surface area contributed by atoms with Crippen molar-refractivity contribution in [2.24, 2.45) is 0 Å². The molecule has 1 aromatic heterocycles. The van der Waals surface area contributed by atoms with Crippen molar-refractivity contribution < 1.29 is 9.53 Å². The van der Waals surface area contributed by atoms with Crippen LogP contribution in [0.4, 0.5) is 5.82 Å². The van der Waals surface area contributed by atoms with Crippen LogP contribution in [0.1, 0.15) is 36.6 Å². The van der Waals surface area contributed by atoms with E-state index in [0.29, 0.717) is 5.82 Å². The number of halogens is 1. The van der Waals surface area contributed by atoms with Crippen LogP contribution in [-0.4, -0.2) is 29.6 Å². The first kappa shape index (κ1) is 14.1. The van der Waals surface area contributed by atoms with E-state index in [2.05, 4.69) is 49.5 Å². The smallest absolute Gasteiger partial charge is 0.376 e. The molecule has 0 fully saturated rings. The highest BCUT2D eigenvalue weighted by Gasteiger charge is 2.16. The first-order valence-corrected chi connectivity index (χ1v) is 6.60. The van der Waals surface area contributed by atoms with Crippen LogP contribution in [0.2, 0.25) is 0 Å². The molecule has 1 aromatic rings. The molecule has 0 amide bonds. The van der Waals surface area contributed by atoms with E-state index in [1.165, 1.54) is 7.11 Å². The molecule has 17 heavy (non-hydrogen) atoms. The van der Waals surface area contributed by atoms with Crippen molar-refractivity contribution in [2.45, 2.75) is 26.7 Å². The maximum Gasteiger partial charge on any atom is 0.376 e. The lowest BCUT2D eigenvalue weighted by Crippen LogP contribution is -2.14. The first-order valence-electron chi connectivity index (χ1n) is 5.52. The topological polar surface area (TPSA) is 64.1 Å². The van der Waals surface area contributed by atoms with Crippen molar-refractivity contribution in [3.8, 4) is 0 Å². The van der Waals surface area contributed by atoms with Crippen molar-refractivity contribution in [1.29, 1.82) is 0 Å². The fraction of sp³-hybridized carbons (Fsp3) is 0.545. The van der Waals surface area contributed by atoms with Crippen LogP contribution in [0.25, 0.3) is 0 Å². The molecule has 0 aliphatic rings. The minimum atomic E-state index is -0.502. The van der Waals surface area contributed by atoms with Gasteiger partial charge in [0.2, 0.25) is 5.82 Å². The van der Waals surface area contributed by atoms with Crippen molar-refractivity contribution in [3.05, 3.63) is 15.1 Å². The normalized spacial score (nSPS) is 10.1. The number of hydrogen-bond acceptors (Lipinski definition) is 5. The Morgan fingerprint density at radius 1 is 1.41 bits per heavy atom. The predicted octanol–water partition coefficient (Wildman–Crippen LogP) is 2.25. The summed E-state index contributed by atoms with van der Waals surface area (Å²) in [5.41, 5.74) is 0.888. The largest absolute Gasteiger partial charge is 0.463 e. The summed E-state index contributed by atoms with van der Waals surface area (Å²) in [7, 11) is 1.33. The number of aromatic nitrogens is 2. The molecule has 0 aliphatic heterocycles. The average Bonchev–Trinajstić information content (AvgIpc) is 2.33. The molecule has 0 radical (unpaired) electrons. The van der Waals surface area contributed by atoms with Gasteiger partial charge >= 0.3 is 5.97 Å². The van der Waals surface area contributed by atoms with Gasteiger partial charge < -0.3 is 10.1 Å². The Hall–Kier alpha value is -0.920. The lowest BCUT2D eigenvalue weighted by atomic mass is 10.2. The van der Waals surface area contributed by atoms with E-state index in [0.717, 1.165) is 28.7 Å². The lowest BCUT2D eigenvalue weighted by Gasteiger charge is -2.10. The van der Waals surface area contributed by atoms with Gasteiger partial charge in [-0.3, -0.25) is 0 Å². The SMILES string of the molecule is CCCc1nc(C(=O)OC)nc(NCC)c1I. The van der Waals surface area contributed by atoms with E-state index < -0.39 is 5.97 Å². The molecule has 0 saturated carbocycles. The van der Waals surface area contributed by atoms with Crippen LogP contribution in [0.5, 0.6) is 0 Å². The Balaban J connectivity index is 3.20. The zero-order valence-corrected chi connectivity index (χ0v) is 12.4. The molecule has 0 unspecified atom stereocenters. The molecule has 0 atom stereocenters. The fourth-order valence-electron chi connectivity index (χ4n) is 1.36.